The molecule has 5 rings (SSSR count). The molecule has 1 saturated heterocycles. The van der Waals surface area contributed by atoms with Gasteiger partial charge in [0.25, 0.3) is 11.8 Å². The van der Waals surface area contributed by atoms with Gasteiger partial charge in [-0.25, -0.2) is 14.1 Å². The van der Waals surface area contributed by atoms with Crippen molar-refractivity contribution in [2.75, 3.05) is 17.4 Å². The van der Waals surface area contributed by atoms with Gasteiger partial charge in [0, 0.05) is 45.3 Å². The van der Waals surface area contributed by atoms with Gasteiger partial charge in [0.2, 0.25) is 16.7 Å². The minimum atomic E-state index is -4.68. The van der Waals surface area contributed by atoms with Gasteiger partial charge in [0.1, 0.15) is 25.1 Å². The van der Waals surface area contributed by atoms with Gasteiger partial charge >= 0.3 is 7.75 Å². The Morgan fingerprint density at radius 2 is 2.05 bits per heavy atom. The van der Waals surface area contributed by atoms with Gasteiger partial charge in [0.05, 0.1) is 17.4 Å². The van der Waals surface area contributed by atoms with E-state index in [4.69, 9.17) is 14.6 Å². The number of rotatable bonds is 11. The molecular formula is C22H23N8O9PS4. The van der Waals surface area contributed by atoms with Crippen LogP contribution in [0, 0.1) is 0 Å². The standard InChI is InChI=1S/C22H21N8O8PS4.H2O/c1-3-38-26-13(16-25-21(43-28-16)27-39(35,36)37)17(31)24-14-18(32)30-15(20(33)34)12(9-40-19(14)30)42-22-23-11(8-41-22)10-4-6-29(2)7-5-10;/h4-8,14,19H,3,9H2,1-2H3,(H4-,24,25,27,28,31,33,34,35,36,37);1H2/b26-13-;/t14-,19-;/m1./s1. The van der Waals surface area contributed by atoms with E-state index in [0.717, 1.165) is 27.9 Å². The van der Waals surface area contributed by atoms with Crippen LogP contribution in [0.1, 0.15) is 12.7 Å². The molecule has 5 heterocycles. The summed E-state index contributed by atoms with van der Waals surface area (Å²) in [6.45, 7) is 1.69. The second kappa shape index (κ2) is 13.7. The molecule has 6 N–H and O–H groups in total. The van der Waals surface area contributed by atoms with Crippen LogP contribution >= 0.6 is 54.1 Å². The van der Waals surface area contributed by atoms with E-state index in [2.05, 4.69) is 24.8 Å². The van der Waals surface area contributed by atoms with Gasteiger partial charge in [-0.15, -0.1) is 23.1 Å². The number of β-lactam (4-membered cyclic amide) rings is 1. The Morgan fingerprint density at radius 3 is 2.70 bits per heavy atom. The molecule has 2 atom stereocenters. The highest BCUT2D eigenvalue weighted by molar-refractivity contribution is 8.07. The SMILES string of the molecule is CCO/N=C(\C(=O)N[C@@H]1C(=O)N2C(C(=O)[O-])=C(Sc3nc(-c4cc[n+](C)cc4)cs3)CS[C@H]12)c1nsc(NP(=O)(O)O)n1.O. The molecule has 0 bridgehead atoms. The fraction of sp³-hybridized carbons (Fsp3) is 0.273. The normalized spacial score (nSPS) is 18.2. The number of thioether (sulfide) groups is 2. The summed E-state index contributed by atoms with van der Waals surface area (Å²) in [7, 11) is -2.78. The van der Waals surface area contributed by atoms with Gasteiger partial charge in [-0.1, -0.05) is 16.9 Å². The molecule has 1 fully saturated rings. The number of nitrogens with zero attached hydrogens (tertiary/aromatic N) is 6. The molecular weight excluding hydrogens is 680 g/mol. The van der Waals surface area contributed by atoms with Gasteiger partial charge in [-0.05, 0) is 6.92 Å². The quantitative estimate of drug-likeness (QED) is 0.0619. The molecule has 0 unspecified atom stereocenters. The van der Waals surface area contributed by atoms with E-state index < -0.39 is 42.7 Å². The maximum atomic E-state index is 13.1. The van der Waals surface area contributed by atoms with E-state index in [1.54, 1.807) is 6.92 Å². The number of anilines is 1. The van der Waals surface area contributed by atoms with Crippen LogP contribution in [-0.4, -0.2) is 81.8 Å². The summed E-state index contributed by atoms with van der Waals surface area (Å²) in [5, 5.41) is 21.1. The van der Waals surface area contributed by atoms with Gasteiger partial charge in [-0.3, -0.25) is 19.6 Å². The molecule has 2 amide bonds. The van der Waals surface area contributed by atoms with Crippen LogP contribution in [0.2, 0.25) is 0 Å². The molecule has 0 spiro atoms. The van der Waals surface area contributed by atoms with Gasteiger partial charge < -0.3 is 35.3 Å². The summed E-state index contributed by atoms with van der Waals surface area (Å²) in [5.74, 6) is -3.19. The fourth-order valence-corrected chi connectivity index (χ4v) is 8.59. The van der Waals surface area contributed by atoms with Crippen LogP contribution in [0.5, 0.6) is 0 Å². The van der Waals surface area contributed by atoms with E-state index in [9.17, 15) is 24.1 Å². The largest absolute Gasteiger partial charge is 0.543 e. The van der Waals surface area contributed by atoms with Crippen molar-refractivity contribution in [1.29, 1.82) is 0 Å². The topological polar surface area (TPSA) is 255 Å². The molecule has 3 aromatic heterocycles. The molecule has 22 heteroatoms. The monoisotopic (exact) mass is 702 g/mol. The van der Waals surface area contributed by atoms with Crippen molar-refractivity contribution in [1.82, 2.24) is 24.6 Å². The van der Waals surface area contributed by atoms with Crippen LogP contribution in [0.4, 0.5) is 5.13 Å². The van der Waals surface area contributed by atoms with Crippen LogP contribution in [0.3, 0.4) is 0 Å². The smallest absolute Gasteiger partial charge is 0.429 e. The molecule has 44 heavy (non-hydrogen) atoms. The van der Waals surface area contributed by atoms with Crippen molar-refractivity contribution in [3.8, 4) is 11.3 Å². The van der Waals surface area contributed by atoms with Crippen molar-refractivity contribution in [3.63, 3.8) is 0 Å². The lowest BCUT2D eigenvalue weighted by atomic mass is 10.0. The number of aromatic nitrogens is 4. The van der Waals surface area contributed by atoms with E-state index in [1.807, 2.05) is 46.6 Å². The number of pyridine rings is 1. The van der Waals surface area contributed by atoms with Crippen molar-refractivity contribution >= 4 is 82.8 Å². The van der Waals surface area contributed by atoms with Crippen LogP contribution < -0.4 is 20.1 Å². The van der Waals surface area contributed by atoms with Crippen molar-refractivity contribution in [2.45, 2.75) is 22.7 Å². The molecule has 0 radical (unpaired) electrons. The molecule has 0 aromatic carbocycles. The molecule has 2 aliphatic heterocycles. The average Bonchev–Trinajstić information content (AvgIpc) is 3.60. The first-order chi connectivity index (χ1) is 20.4. The fourth-order valence-electron chi connectivity index (χ4n) is 3.89. The number of nitrogens with one attached hydrogen (secondary N) is 2. The highest BCUT2D eigenvalue weighted by Crippen LogP contribution is 2.45. The van der Waals surface area contributed by atoms with Crippen LogP contribution in [0.25, 0.3) is 11.3 Å². The summed E-state index contributed by atoms with van der Waals surface area (Å²) in [6.07, 6.45) is 3.78. The van der Waals surface area contributed by atoms with E-state index >= 15 is 0 Å². The van der Waals surface area contributed by atoms with Gasteiger partial charge in [-0.2, -0.15) is 9.36 Å². The summed E-state index contributed by atoms with van der Waals surface area (Å²) in [6, 6.07) is 2.72. The maximum Gasteiger partial charge on any atom is 0.429 e. The molecule has 3 aromatic rings. The second-order valence-corrected chi connectivity index (χ2v) is 14.1. The zero-order chi connectivity index (χ0) is 30.9. The third kappa shape index (κ3) is 7.26. The van der Waals surface area contributed by atoms with Crippen LogP contribution in [0.15, 0.2) is 50.0 Å². The van der Waals surface area contributed by atoms with Gasteiger partial charge in [0.15, 0.2) is 16.7 Å². The lowest BCUT2D eigenvalue weighted by Gasteiger charge is -2.50. The zero-order valence-corrected chi connectivity index (χ0v) is 26.7. The minimum absolute atomic E-state index is 0. The highest BCUT2D eigenvalue weighted by Gasteiger charge is 2.53. The first-order valence-electron chi connectivity index (χ1n) is 12.1. The Morgan fingerprint density at radius 1 is 1.32 bits per heavy atom. The predicted octanol–water partition coefficient (Wildman–Crippen LogP) is -0.940. The lowest BCUT2D eigenvalue weighted by molar-refractivity contribution is -0.671. The third-order valence-corrected chi connectivity index (χ3v) is 10.5. The Labute approximate surface area is 265 Å². The molecule has 2 aliphatic rings. The molecule has 234 valence electrons. The zero-order valence-electron chi connectivity index (χ0n) is 22.6. The number of oxime groups is 1. The van der Waals surface area contributed by atoms with Crippen molar-refractivity contribution in [3.05, 3.63) is 46.3 Å². The highest BCUT2D eigenvalue weighted by atomic mass is 32.2. The molecule has 0 saturated carbocycles. The van der Waals surface area contributed by atoms with E-state index in [1.165, 1.54) is 23.1 Å². The van der Waals surface area contributed by atoms with Crippen molar-refractivity contribution in [2.24, 2.45) is 12.2 Å². The number of amides is 2. The number of aliphatic carboxylic acids is 1. The average molecular weight is 703 g/mol. The number of carbonyl (C=O) groups excluding carboxylic acids is 3. The Hall–Kier alpha value is -3.43. The van der Waals surface area contributed by atoms with E-state index in [-0.39, 0.29) is 34.5 Å². The number of carboxylic acids is 1. The number of thiazole rings is 1. The molecule has 0 aliphatic carbocycles. The third-order valence-electron chi connectivity index (χ3n) is 5.76. The first kappa shape index (κ1) is 33.5. The van der Waals surface area contributed by atoms with Crippen LogP contribution in [-0.2, 0) is 30.8 Å². The number of aryl methyl sites for hydroxylation is 1. The summed E-state index contributed by atoms with van der Waals surface area (Å²) < 4.78 is 17.6. The summed E-state index contributed by atoms with van der Waals surface area (Å²) >= 11 is 4.31. The number of carbonyl (C=O) groups is 3. The second-order valence-electron chi connectivity index (χ2n) is 8.71. The first-order valence-corrected chi connectivity index (χ1v) is 17.2. The number of hydrogen-bond acceptors (Lipinski definition) is 14. The number of hydrogen-bond donors (Lipinski definition) is 4. The van der Waals surface area contributed by atoms with E-state index in [0.29, 0.717) is 20.8 Å². The summed E-state index contributed by atoms with van der Waals surface area (Å²) in [4.78, 5) is 71.5. The van der Waals surface area contributed by atoms with Crippen molar-refractivity contribution < 1.29 is 48.7 Å². The predicted molar refractivity (Wildman–Crippen MR) is 159 cm³/mol. The number of fused-ring (bicyclic) bond motifs is 1. The lowest BCUT2D eigenvalue weighted by Crippen LogP contribution is -2.71. The Kier molecular flexibility index (Phi) is 10.4. The Balaban J connectivity index is 0.00000442. The Bertz CT molecular complexity index is 1690. The molecule has 17 nitrogen and oxygen atoms in total. The minimum Gasteiger partial charge on any atom is -0.543 e. The maximum absolute atomic E-state index is 13.1. The summed E-state index contributed by atoms with van der Waals surface area (Å²) in [5.41, 5.74) is 0.906. The number of carboxylic acid groups (broad SMARTS) is 1.